The highest BCUT2D eigenvalue weighted by Crippen LogP contribution is 2.19. The van der Waals surface area contributed by atoms with Crippen LogP contribution >= 0.6 is 0 Å². The van der Waals surface area contributed by atoms with Gasteiger partial charge in [0.05, 0.1) is 24.1 Å². The molecule has 0 aromatic heterocycles. The Hall–Kier alpha value is -1.26. The van der Waals surface area contributed by atoms with Crippen LogP contribution in [0.3, 0.4) is 0 Å². The number of hydrogen-bond donors (Lipinski definition) is 3. The number of rotatable bonds is 3. The average Bonchev–Trinajstić information content (AvgIpc) is 2.29. The number of morpholine rings is 1. The van der Waals surface area contributed by atoms with Gasteiger partial charge in [0.25, 0.3) is 0 Å². The van der Waals surface area contributed by atoms with Crippen LogP contribution in [0.5, 0.6) is 0 Å². The van der Waals surface area contributed by atoms with E-state index >= 15 is 0 Å². The molecule has 1 atom stereocenters. The number of nitrogens with one attached hydrogen (secondary N) is 2. The minimum absolute atomic E-state index is 0.231. The molecule has 0 unspecified atom stereocenters. The lowest BCUT2D eigenvalue weighted by Gasteiger charge is -2.24. The molecule has 0 radical (unpaired) electrons. The second-order valence-electron chi connectivity index (χ2n) is 4.17. The molecule has 1 aromatic carbocycles. The fraction of sp³-hybridized carbons (Fsp3) is 0.500. The lowest BCUT2D eigenvalue weighted by Crippen LogP contribution is -2.42. The van der Waals surface area contributed by atoms with Gasteiger partial charge in [-0.1, -0.05) is 6.07 Å². The van der Waals surface area contributed by atoms with E-state index in [1.807, 2.05) is 19.1 Å². The van der Waals surface area contributed by atoms with Crippen LogP contribution in [-0.4, -0.2) is 32.3 Å². The van der Waals surface area contributed by atoms with E-state index in [1.54, 1.807) is 0 Å². The molecule has 1 aromatic rings. The Labute approximate surface area is 96.2 Å². The highest BCUT2D eigenvalue weighted by Gasteiger charge is 2.12. The molecule has 2 rings (SSSR count). The first-order valence-electron chi connectivity index (χ1n) is 5.68. The van der Waals surface area contributed by atoms with Gasteiger partial charge in [-0.3, -0.25) is 0 Å². The van der Waals surface area contributed by atoms with E-state index in [1.165, 1.54) is 5.56 Å². The van der Waals surface area contributed by atoms with Crippen molar-refractivity contribution in [2.45, 2.75) is 13.0 Å². The number of nitrogens with two attached hydrogens (primary N) is 1. The van der Waals surface area contributed by atoms with Crippen LogP contribution in [0.15, 0.2) is 18.2 Å². The van der Waals surface area contributed by atoms with Gasteiger partial charge >= 0.3 is 0 Å². The predicted molar refractivity (Wildman–Crippen MR) is 66.7 cm³/mol. The van der Waals surface area contributed by atoms with Crippen molar-refractivity contribution >= 4 is 11.4 Å². The van der Waals surface area contributed by atoms with Crippen LogP contribution in [0.4, 0.5) is 11.4 Å². The molecule has 4 heteroatoms. The van der Waals surface area contributed by atoms with Crippen LogP contribution < -0.4 is 16.4 Å². The van der Waals surface area contributed by atoms with Gasteiger partial charge in [0.2, 0.25) is 0 Å². The number of ether oxygens (including phenoxy) is 1. The van der Waals surface area contributed by atoms with Gasteiger partial charge in [-0.25, -0.2) is 0 Å². The van der Waals surface area contributed by atoms with E-state index in [0.29, 0.717) is 0 Å². The molecule has 1 aliphatic rings. The summed E-state index contributed by atoms with van der Waals surface area (Å²) in [6, 6.07) is 6.04. The Balaban J connectivity index is 1.88. The number of hydrogen-bond acceptors (Lipinski definition) is 4. The maximum atomic E-state index is 5.92. The summed E-state index contributed by atoms with van der Waals surface area (Å²) in [6.07, 6.45) is 0.231. The van der Waals surface area contributed by atoms with Crippen molar-refractivity contribution in [3.8, 4) is 0 Å². The topological polar surface area (TPSA) is 59.3 Å². The highest BCUT2D eigenvalue weighted by molar-refractivity contribution is 5.66. The molecule has 0 bridgehead atoms. The van der Waals surface area contributed by atoms with E-state index in [0.717, 1.165) is 37.6 Å². The van der Waals surface area contributed by atoms with Crippen LogP contribution in [0.25, 0.3) is 0 Å². The van der Waals surface area contributed by atoms with Gasteiger partial charge in [-0.05, 0) is 24.6 Å². The lowest BCUT2D eigenvalue weighted by atomic mass is 10.2. The van der Waals surface area contributed by atoms with E-state index < -0.39 is 0 Å². The van der Waals surface area contributed by atoms with Gasteiger partial charge in [-0.2, -0.15) is 0 Å². The standard InChI is InChI=1S/C12H19N3O/c1-9-2-3-12(11(13)6-9)15-8-10-7-14-4-5-16-10/h2-3,6,10,14-15H,4-5,7-8,13H2,1H3/t10-/m1/s1. The fourth-order valence-corrected chi connectivity index (χ4v) is 1.82. The average molecular weight is 221 g/mol. The molecular weight excluding hydrogens is 202 g/mol. The molecule has 0 saturated carbocycles. The van der Waals surface area contributed by atoms with Crippen molar-refractivity contribution in [1.29, 1.82) is 0 Å². The predicted octanol–water partition coefficient (Wildman–Crippen LogP) is 0.978. The second kappa shape index (κ2) is 5.18. The van der Waals surface area contributed by atoms with Gasteiger partial charge in [0.15, 0.2) is 0 Å². The van der Waals surface area contributed by atoms with Crippen LogP contribution in [0.2, 0.25) is 0 Å². The number of benzene rings is 1. The van der Waals surface area contributed by atoms with E-state index in [9.17, 15) is 0 Å². The zero-order valence-electron chi connectivity index (χ0n) is 9.62. The zero-order valence-corrected chi connectivity index (χ0v) is 9.62. The van der Waals surface area contributed by atoms with Gasteiger partial charge in [0, 0.05) is 19.6 Å². The summed E-state index contributed by atoms with van der Waals surface area (Å²) in [4.78, 5) is 0. The summed E-state index contributed by atoms with van der Waals surface area (Å²) in [5, 5.41) is 6.62. The first kappa shape index (κ1) is 11.2. The summed E-state index contributed by atoms with van der Waals surface area (Å²) >= 11 is 0. The van der Waals surface area contributed by atoms with Crippen molar-refractivity contribution in [1.82, 2.24) is 5.32 Å². The van der Waals surface area contributed by atoms with Crippen molar-refractivity contribution in [3.05, 3.63) is 23.8 Å². The minimum Gasteiger partial charge on any atom is -0.397 e. The third-order valence-electron chi connectivity index (χ3n) is 2.73. The van der Waals surface area contributed by atoms with Gasteiger partial charge in [0.1, 0.15) is 0 Å². The Morgan fingerprint density at radius 3 is 3.12 bits per heavy atom. The van der Waals surface area contributed by atoms with E-state index in [2.05, 4.69) is 16.7 Å². The molecule has 1 heterocycles. The van der Waals surface area contributed by atoms with E-state index in [4.69, 9.17) is 10.5 Å². The third-order valence-corrected chi connectivity index (χ3v) is 2.73. The smallest absolute Gasteiger partial charge is 0.0872 e. The maximum Gasteiger partial charge on any atom is 0.0872 e. The molecular formula is C12H19N3O. The Morgan fingerprint density at radius 2 is 2.44 bits per heavy atom. The molecule has 88 valence electrons. The number of nitrogen functional groups attached to an aromatic ring is 1. The van der Waals surface area contributed by atoms with Crippen molar-refractivity contribution < 1.29 is 4.74 Å². The van der Waals surface area contributed by atoms with E-state index in [-0.39, 0.29) is 6.10 Å². The number of aryl methyl sites for hydroxylation is 1. The third kappa shape index (κ3) is 2.87. The van der Waals surface area contributed by atoms with Crippen LogP contribution in [0, 0.1) is 6.92 Å². The van der Waals surface area contributed by atoms with Crippen molar-refractivity contribution in [2.75, 3.05) is 37.3 Å². The molecule has 4 nitrogen and oxygen atoms in total. The highest BCUT2D eigenvalue weighted by atomic mass is 16.5. The van der Waals surface area contributed by atoms with Crippen LogP contribution in [0.1, 0.15) is 5.56 Å². The molecule has 4 N–H and O–H groups in total. The Bertz CT molecular complexity index is 348. The largest absolute Gasteiger partial charge is 0.397 e. The first-order valence-corrected chi connectivity index (χ1v) is 5.68. The molecule has 1 saturated heterocycles. The Morgan fingerprint density at radius 1 is 1.56 bits per heavy atom. The summed E-state index contributed by atoms with van der Waals surface area (Å²) in [7, 11) is 0. The molecule has 0 aliphatic carbocycles. The molecule has 1 fully saturated rings. The normalized spacial score (nSPS) is 20.7. The van der Waals surface area contributed by atoms with Crippen LogP contribution in [-0.2, 0) is 4.74 Å². The van der Waals surface area contributed by atoms with Gasteiger partial charge in [-0.15, -0.1) is 0 Å². The summed E-state index contributed by atoms with van der Waals surface area (Å²) in [6.45, 7) is 5.46. The summed E-state index contributed by atoms with van der Waals surface area (Å²) in [5.74, 6) is 0. The van der Waals surface area contributed by atoms with Crippen molar-refractivity contribution in [3.63, 3.8) is 0 Å². The first-order chi connectivity index (χ1) is 7.75. The fourth-order valence-electron chi connectivity index (χ4n) is 1.82. The second-order valence-corrected chi connectivity index (χ2v) is 4.17. The minimum atomic E-state index is 0.231. The molecule has 0 amide bonds. The van der Waals surface area contributed by atoms with Crippen molar-refractivity contribution in [2.24, 2.45) is 0 Å². The monoisotopic (exact) mass is 221 g/mol. The van der Waals surface area contributed by atoms with Gasteiger partial charge < -0.3 is 21.1 Å². The zero-order chi connectivity index (χ0) is 11.4. The summed E-state index contributed by atoms with van der Waals surface area (Å²) in [5.41, 5.74) is 8.88. The SMILES string of the molecule is Cc1ccc(NC[C@H]2CNCCO2)c(N)c1. The lowest BCUT2D eigenvalue weighted by molar-refractivity contribution is 0.0372. The number of anilines is 2. The summed E-state index contributed by atoms with van der Waals surface area (Å²) < 4.78 is 5.60. The molecule has 0 spiro atoms. The maximum absolute atomic E-state index is 5.92. The quantitative estimate of drug-likeness (QED) is 0.666. The molecule has 1 aliphatic heterocycles. The molecule has 16 heavy (non-hydrogen) atoms. The Kier molecular flexibility index (Phi) is 3.64.